The smallest absolute Gasteiger partial charge is 0.331 e. The third-order valence-electron chi connectivity index (χ3n) is 3.28. The zero-order valence-electron chi connectivity index (χ0n) is 14.1. The molecule has 0 radical (unpaired) electrons. The molecule has 8 heteroatoms. The van der Waals surface area contributed by atoms with Gasteiger partial charge in [-0.3, -0.25) is 4.79 Å². The van der Waals surface area contributed by atoms with Gasteiger partial charge in [-0.25, -0.2) is 4.79 Å². The zero-order chi connectivity index (χ0) is 19.1. The van der Waals surface area contributed by atoms with Gasteiger partial charge in [-0.15, -0.1) is 11.3 Å². The Morgan fingerprint density at radius 2 is 1.92 bits per heavy atom. The van der Waals surface area contributed by atoms with Gasteiger partial charge in [0.2, 0.25) is 0 Å². The Labute approximate surface area is 158 Å². The van der Waals surface area contributed by atoms with Gasteiger partial charge in [0, 0.05) is 21.5 Å². The first kappa shape index (κ1) is 20.1. The number of nitrogens with one attached hydrogen (secondary N) is 1. The average Bonchev–Trinajstić information content (AvgIpc) is 2.99. The van der Waals surface area contributed by atoms with Crippen molar-refractivity contribution in [1.82, 2.24) is 0 Å². The van der Waals surface area contributed by atoms with Gasteiger partial charge in [0.1, 0.15) is 0 Å². The quantitative estimate of drug-likeness (QED) is 0.408. The summed E-state index contributed by atoms with van der Waals surface area (Å²) in [4.78, 5) is 25.2. The summed E-state index contributed by atoms with van der Waals surface area (Å²) in [6.07, 6.45) is 1.93. The number of rotatable bonds is 7. The molecule has 1 heterocycles. The molecule has 1 aromatic carbocycles. The topological polar surface area (TPSA) is 55.4 Å². The molecule has 0 aliphatic rings. The maximum absolute atomic E-state index is 12.3. The summed E-state index contributed by atoms with van der Waals surface area (Å²) in [6, 6.07) is 7.93. The second kappa shape index (κ2) is 9.49. The summed E-state index contributed by atoms with van der Waals surface area (Å²) < 4.78 is 29.6. The molecule has 0 saturated carbocycles. The molecule has 2 aromatic rings. The molecule has 1 atom stereocenters. The highest BCUT2D eigenvalue weighted by Gasteiger charge is 2.17. The number of esters is 1. The number of thioether (sulfide) groups is 1. The molecule has 1 aromatic heterocycles. The van der Waals surface area contributed by atoms with Crippen molar-refractivity contribution in [2.75, 3.05) is 5.32 Å². The molecule has 0 saturated heterocycles. The van der Waals surface area contributed by atoms with Crippen LogP contribution >= 0.6 is 23.1 Å². The Morgan fingerprint density at radius 1 is 1.23 bits per heavy atom. The monoisotopic (exact) mass is 397 g/mol. The summed E-state index contributed by atoms with van der Waals surface area (Å²) in [6.45, 7) is 3.39. The average molecular weight is 397 g/mol. The number of benzene rings is 1. The Kier molecular flexibility index (Phi) is 7.35. The van der Waals surface area contributed by atoms with E-state index < -0.39 is 23.7 Å². The molecular formula is C18H17F2NO3S2. The fraction of sp³-hybridized carbons (Fsp3) is 0.222. The molecule has 1 amide bonds. The first-order valence-electron chi connectivity index (χ1n) is 7.63. The predicted molar refractivity (Wildman–Crippen MR) is 101 cm³/mol. The minimum absolute atomic E-state index is 0.395. The first-order valence-corrected chi connectivity index (χ1v) is 9.39. The van der Waals surface area contributed by atoms with Gasteiger partial charge in [0.05, 0.1) is 0 Å². The third kappa shape index (κ3) is 6.27. The van der Waals surface area contributed by atoms with Crippen LogP contribution in [-0.4, -0.2) is 23.7 Å². The number of thiophene rings is 1. The van der Waals surface area contributed by atoms with Crippen molar-refractivity contribution >= 4 is 46.7 Å². The Bertz CT molecular complexity index is 788. The van der Waals surface area contributed by atoms with E-state index in [0.29, 0.717) is 22.3 Å². The van der Waals surface area contributed by atoms with Crippen LogP contribution in [0, 0.1) is 6.92 Å². The van der Waals surface area contributed by atoms with Crippen LogP contribution in [0.5, 0.6) is 0 Å². The minimum atomic E-state index is -2.50. The van der Waals surface area contributed by atoms with E-state index in [0.717, 1.165) is 10.4 Å². The van der Waals surface area contributed by atoms with Gasteiger partial charge in [-0.1, -0.05) is 11.8 Å². The van der Waals surface area contributed by atoms with Crippen LogP contribution in [-0.2, 0) is 14.3 Å². The van der Waals surface area contributed by atoms with Crippen molar-refractivity contribution in [1.29, 1.82) is 0 Å². The number of amides is 1. The SMILES string of the molecule is Cc1ccsc1/C=C/C(=O)O[C@H](C)C(=O)Nc1ccc(SC(F)F)cc1. The van der Waals surface area contributed by atoms with Gasteiger partial charge >= 0.3 is 5.97 Å². The second-order valence-corrected chi connectivity index (χ2v) is 7.28. The lowest BCUT2D eigenvalue weighted by Crippen LogP contribution is -2.29. The normalized spacial score (nSPS) is 12.3. The van der Waals surface area contributed by atoms with Crippen molar-refractivity contribution in [3.63, 3.8) is 0 Å². The Balaban J connectivity index is 1.86. The predicted octanol–water partition coefficient (Wildman–Crippen LogP) is 4.95. The lowest BCUT2D eigenvalue weighted by molar-refractivity contribution is -0.148. The number of halogens is 2. The number of hydrogen-bond acceptors (Lipinski definition) is 5. The van der Waals surface area contributed by atoms with Crippen LogP contribution in [0.2, 0.25) is 0 Å². The van der Waals surface area contributed by atoms with E-state index >= 15 is 0 Å². The largest absolute Gasteiger partial charge is 0.449 e. The molecule has 0 unspecified atom stereocenters. The number of alkyl halides is 2. The van der Waals surface area contributed by atoms with Crippen LogP contribution in [0.4, 0.5) is 14.5 Å². The van der Waals surface area contributed by atoms with Crippen LogP contribution in [0.3, 0.4) is 0 Å². The second-order valence-electron chi connectivity index (χ2n) is 5.27. The van der Waals surface area contributed by atoms with Gasteiger partial charge in [-0.2, -0.15) is 8.78 Å². The Morgan fingerprint density at radius 3 is 2.50 bits per heavy atom. The molecule has 0 aliphatic carbocycles. The molecule has 4 nitrogen and oxygen atoms in total. The van der Waals surface area contributed by atoms with E-state index in [9.17, 15) is 18.4 Å². The van der Waals surface area contributed by atoms with Gasteiger partial charge in [0.25, 0.3) is 11.7 Å². The lowest BCUT2D eigenvalue weighted by atomic mass is 10.3. The molecule has 0 bridgehead atoms. The maximum atomic E-state index is 12.3. The number of carbonyl (C=O) groups is 2. The highest BCUT2D eigenvalue weighted by Crippen LogP contribution is 2.26. The zero-order valence-corrected chi connectivity index (χ0v) is 15.7. The fourth-order valence-electron chi connectivity index (χ4n) is 1.93. The van der Waals surface area contributed by atoms with E-state index in [1.807, 2.05) is 18.4 Å². The van der Waals surface area contributed by atoms with Gasteiger partial charge < -0.3 is 10.1 Å². The molecule has 26 heavy (non-hydrogen) atoms. The number of anilines is 1. The molecular weight excluding hydrogens is 380 g/mol. The maximum Gasteiger partial charge on any atom is 0.331 e. The van der Waals surface area contributed by atoms with Crippen LogP contribution in [0.25, 0.3) is 6.08 Å². The summed E-state index contributed by atoms with van der Waals surface area (Å²) in [5.74, 6) is -3.63. The van der Waals surface area contributed by atoms with Crippen LogP contribution in [0.1, 0.15) is 17.4 Å². The minimum Gasteiger partial charge on any atom is -0.449 e. The first-order chi connectivity index (χ1) is 12.3. The number of hydrogen-bond donors (Lipinski definition) is 1. The third-order valence-corrected chi connectivity index (χ3v) is 4.99. The van der Waals surface area contributed by atoms with Crippen molar-refractivity contribution in [2.45, 2.75) is 30.6 Å². The van der Waals surface area contributed by atoms with Gasteiger partial charge in [0.15, 0.2) is 6.10 Å². The number of aryl methyl sites for hydroxylation is 1. The van der Waals surface area contributed by atoms with Crippen molar-refractivity contribution < 1.29 is 23.1 Å². The highest BCUT2D eigenvalue weighted by atomic mass is 32.2. The number of carbonyl (C=O) groups excluding carboxylic acids is 2. The van der Waals surface area contributed by atoms with Crippen molar-refractivity contribution in [2.24, 2.45) is 0 Å². The standard InChI is InChI=1S/C18H17F2NO3S2/c1-11-9-10-25-15(11)7-8-16(22)24-12(2)17(23)21-13-3-5-14(6-4-13)26-18(19)20/h3-10,12,18H,1-2H3,(H,21,23)/b8-7+/t12-/m1/s1. The van der Waals surface area contributed by atoms with Crippen LogP contribution in [0.15, 0.2) is 46.7 Å². The molecule has 0 spiro atoms. The molecule has 138 valence electrons. The van der Waals surface area contributed by atoms with E-state index in [2.05, 4.69) is 5.32 Å². The molecule has 2 rings (SSSR count). The highest BCUT2D eigenvalue weighted by molar-refractivity contribution is 7.99. The lowest BCUT2D eigenvalue weighted by Gasteiger charge is -2.12. The molecule has 1 N–H and O–H groups in total. The fourth-order valence-corrected chi connectivity index (χ4v) is 3.25. The summed E-state index contributed by atoms with van der Waals surface area (Å²) >= 11 is 1.92. The molecule has 0 fully saturated rings. The Hall–Kier alpha value is -2.19. The van der Waals surface area contributed by atoms with Crippen LogP contribution < -0.4 is 5.32 Å². The van der Waals surface area contributed by atoms with E-state index in [1.165, 1.54) is 48.6 Å². The van der Waals surface area contributed by atoms with Crippen molar-refractivity contribution in [3.8, 4) is 0 Å². The summed E-state index contributed by atoms with van der Waals surface area (Å²) in [7, 11) is 0. The number of ether oxygens (including phenoxy) is 1. The van der Waals surface area contributed by atoms with E-state index in [4.69, 9.17) is 4.74 Å². The summed E-state index contributed by atoms with van der Waals surface area (Å²) in [5, 5.41) is 4.49. The molecule has 0 aliphatic heterocycles. The van der Waals surface area contributed by atoms with Gasteiger partial charge in [-0.05, 0) is 61.2 Å². The van der Waals surface area contributed by atoms with E-state index in [1.54, 1.807) is 6.08 Å². The summed E-state index contributed by atoms with van der Waals surface area (Å²) in [5.41, 5.74) is 1.49. The van der Waals surface area contributed by atoms with E-state index in [-0.39, 0.29) is 0 Å². The van der Waals surface area contributed by atoms with Crippen molar-refractivity contribution in [3.05, 3.63) is 52.2 Å².